The molecule has 0 spiro atoms. The Bertz CT molecular complexity index is 2560. The second-order valence-corrected chi connectivity index (χ2v) is 13.2. The first-order valence-electron chi connectivity index (χ1n) is 18.6. The van der Waals surface area contributed by atoms with Crippen LogP contribution in [-0.2, 0) is 30.9 Å². The van der Waals surface area contributed by atoms with E-state index < -0.39 is 23.7 Å². The van der Waals surface area contributed by atoms with E-state index in [0.717, 1.165) is 0 Å². The zero-order valence-corrected chi connectivity index (χ0v) is 33.2. The van der Waals surface area contributed by atoms with Crippen LogP contribution >= 0.6 is 0 Å². The van der Waals surface area contributed by atoms with Gasteiger partial charge >= 0.3 is 5.97 Å². The first kappa shape index (κ1) is 40.6. The van der Waals surface area contributed by atoms with E-state index in [-0.39, 0.29) is 42.7 Å². The highest BCUT2D eigenvalue weighted by Crippen LogP contribution is 2.33. The van der Waals surface area contributed by atoms with E-state index in [4.69, 9.17) is 35.6 Å². The summed E-state index contributed by atoms with van der Waals surface area (Å²) in [7, 11) is 2.75. The second-order valence-electron chi connectivity index (χ2n) is 13.2. The van der Waals surface area contributed by atoms with E-state index in [2.05, 4.69) is 20.8 Å². The average molecular weight is 795 g/mol. The molecular formula is C39H46N12O7. The number of esters is 1. The number of aryl methyl sites for hydroxylation is 4. The molecule has 4 aromatic heterocycles. The number of carbonyl (C=O) groups excluding carboxylic acids is 4. The number of hydrogen-bond donors (Lipinski definition) is 4. The molecule has 6 aromatic rings. The Balaban J connectivity index is 1.42. The zero-order chi connectivity index (χ0) is 41.7. The van der Waals surface area contributed by atoms with Gasteiger partial charge in [-0.25, -0.2) is 14.8 Å². The average Bonchev–Trinajstić information content (AvgIpc) is 3.97. The highest BCUT2D eigenvalue weighted by Gasteiger charge is 2.24. The van der Waals surface area contributed by atoms with E-state index >= 15 is 0 Å². The number of allylic oxidation sites excluding steroid dienone is 2. The molecule has 0 radical (unpaired) electrons. The molecule has 0 aliphatic carbocycles. The van der Waals surface area contributed by atoms with Crippen LogP contribution in [0.2, 0.25) is 0 Å². The number of primary amides is 1. The second kappa shape index (κ2) is 17.4. The van der Waals surface area contributed by atoms with Gasteiger partial charge in [-0.2, -0.15) is 10.2 Å². The number of aromatic nitrogens is 8. The van der Waals surface area contributed by atoms with Gasteiger partial charge in [0.05, 0.1) is 48.8 Å². The number of benzene rings is 2. The van der Waals surface area contributed by atoms with Crippen LogP contribution in [0.25, 0.3) is 22.1 Å². The molecule has 19 nitrogen and oxygen atoms in total. The summed E-state index contributed by atoms with van der Waals surface area (Å²) in [5.41, 5.74) is 15.6. The molecule has 0 saturated heterocycles. The third-order valence-corrected chi connectivity index (χ3v) is 9.21. The highest BCUT2D eigenvalue weighted by atomic mass is 16.5. The minimum Gasteiger partial charge on any atom is -0.494 e. The molecule has 0 bridgehead atoms. The van der Waals surface area contributed by atoms with Gasteiger partial charge < -0.3 is 34.8 Å². The van der Waals surface area contributed by atoms with Crippen molar-refractivity contribution in [3.8, 4) is 11.5 Å². The Kier molecular flexibility index (Phi) is 12.2. The lowest BCUT2D eigenvalue weighted by Crippen LogP contribution is -2.20. The Hall–Kier alpha value is -7.02. The number of nitrogens with zero attached hydrogens (tertiary/aromatic N) is 8. The van der Waals surface area contributed by atoms with Crippen LogP contribution < -0.4 is 31.6 Å². The Morgan fingerprint density at radius 3 is 1.71 bits per heavy atom. The maximum Gasteiger partial charge on any atom is 0.338 e. The summed E-state index contributed by atoms with van der Waals surface area (Å²) < 4.78 is 23.4. The molecule has 304 valence electrons. The molecule has 0 aliphatic rings. The molecule has 0 aliphatic heterocycles. The fourth-order valence-electron chi connectivity index (χ4n) is 6.55. The summed E-state index contributed by atoms with van der Waals surface area (Å²) in [4.78, 5) is 61.6. The lowest BCUT2D eigenvalue weighted by Gasteiger charge is -2.13. The summed E-state index contributed by atoms with van der Waals surface area (Å²) in [5, 5.41) is 14.6. The van der Waals surface area contributed by atoms with Gasteiger partial charge in [0.15, 0.2) is 0 Å². The summed E-state index contributed by atoms with van der Waals surface area (Å²) in [6.45, 7) is 9.28. The van der Waals surface area contributed by atoms with Crippen LogP contribution in [0.15, 0.2) is 48.6 Å². The molecule has 6 N–H and O–H groups in total. The first-order valence-corrected chi connectivity index (χ1v) is 18.6. The molecule has 19 heteroatoms. The minimum atomic E-state index is -0.674. The predicted octanol–water partition coefficient (Wildman–Crippen LogP) is 3.82. The molecule has 4 heterocycles. The summed E-state index contributed by atoms with van der Waals surface area (Å²) in [6, 6.07) is 9.55. The van der Waals surface area contributed by atoms with Crippen LogP contribution in [0.1, 0.15) is 73.3 Å². The molecule has 0 saturated carbocycles. The number of methoxy groups -OCH3 is 2. The molecular weight excluding hydrogens is 749 g/mol. The largest absolute Gasteiger partial charge is 0.494 e. The molecule has 0 fully saturated rings. The van der Waals surface area contributed by atoms with Gasteiger partial charge in [0.1, 0.15) is 33.9 Å². The number of rotatable bonds is 17. The summed E-state index contributed by atoms with van der Waals surface area (Å²) in [6.07, 6.45) is 4.22. The number of imidazole rings is 2. The number of anilines is 2. The van der Waals surface area contributed by atoms with Crippen LogP contribution in [0, 0.1) is 13.8 Å². The van der Waals surface area contributed by atoms with Gasteiger partial charge in [-0.3, -0.25) is 34.4 Å². The number of amides is 3. The van der Waals surface area contributed by atoms with Gasteiger partial charge in [0, 0.05) is 31.7 Å². The monoisotopic (exact) mass is 794 g/mol. The Labute approximate surface area is 332 Å². The van der Waals surface area contributed by atoms with Crippen molar-refractivity contribution in [3.63, 3.8) is 0 Å². The van der Waals surface area contributed by atoms with E-state index in [1.165, 1.54) is 26.4 Å². The maximum atomic E-state index is 13.7. The molecule has 6 rings (SSSR count). The van der Waals surface area contributed by atoms with Gasteiger partial charge in [-0.05, 0) is 77.1 Å². The first-order chi connectivity index (χ1) is 27.9. The third-order valence-electron chi connectivity index (χ3n) is 9.21. The number of carbonyl (C=O) groups is 4. The van der Waals surface area contributed by atoms with Crippen molar-refractivity contribution in [2.24, 2.45) is 11.5 Å². The number of hydrogen-bond acceptors (Lipinski definition) is 12. The molecule has 2 aromatic carbocycles. The number of nitrogens with one attached hydrogen (secondary N) is 2. The molecule has 3 amide bonds. The highest BCUT2D eigenvalue weighted by molar-refractivity contribution is 6.05. The van der Waals surface area contributed by atoms with Crippen LogP contribution in [0.3, 0.4) is 0 Å². The van der Waals surface area contributed by atoms with E-state index in [9.17, 15) is 19.2 Å². The van der Waals surface area contributed by atoms with Crippen molar-refractivity contribution in [1.29, 1.82) is 0 Å². The molecule has 0 atom stereocenters. The van der Waals surface area contributed by atoms with Crippen LogP contribution in [0.4, 0.5) is 11.9 Å². The van der Waals surface area contributed by atoms with Gasteiger partial charge in [-0.15, -0.1) is 0 Å². The molecule has 58 heavy (non-hydrogen) atoms. The SMILES string of the molecule is CCn1nc(C)cc1C(=O)Nc1nc2cc(C(=O)OC)cc(OC)c2n1C/C=C/Cn1c(NC(=O)c2cc(C)nn2CC)nc2cc(C(N)=O)cc(OCCCN)c21. The zero-order valence-electron chi connectivity index (χ0n) is 33.2. The Morgan fingerprint density at radius 2 is 1.24 bits per heavy atom. The van der Waals surface area contributed by atoms with Crippen LogP contribution in [0.5, 0.6) is 11.5 Å². The van der Waals surface area contributed by atoms with Gasteiger partial charge in [0.25, 0.3) is 11.8 Å². The van der Waals surface area contributed by atoms with Crippen molar-refractivity contribution in [3.05, 3.63) is 82.5 Å². The van der Waals surface area contributed by atoms with Crippen molar-refractivity contribution in [2.45, 2.75) is 60.3 Å². The molecule has 0 unspecified atom stereocenters. The van der Waals surface area contributed by atoms with Crippen molar-refractivity contribution < 1.29 is 33.4 Å². The quantitative estimate of drug-likeness (QED) is 0.0585. The fraction of sp³-hybridized carbons (Fsp3) is 0.333. The topological polar surface area (TPSA) is 243 Å². The number of fused-ring (bicyclic) bond motifs is 2. The Morgan fingerprint density at radius 1 is 0.741 bits per heavy atom. The predicted molar refractivity (Wildman–Crippen MR) is 215 cm³/mol. The number of ether oxygens (including phenoxy) is 3. The maximum absolute atomic E-state index is 13.7. The van der Waals surface area contributed by atoms with Crippen molar-refractivity contribution >= 4 is 57.7 Å². The normalized spacial score (nSPS) is 11.4. The summed E-state index contributed by atoms with van der Waals surface area (Å²) in [5.74, 6) is -1.11. The van der Waals surface area contributed by atoms with Crippen molar-refractivity contribution in [2.75, 3.05) is 38.0 Å². The fourth-order valence-corrected chi connectivity index (χ4v) is 6.55. The standard InChI is InChI=1S/C39H46N12O7/c1-7-50-28(16-22(3)46-50)35(53)44-38-43-27-19-25(37(55)57-6)21-30(56-5)32(27)48(38)13-9-10-14-49-33-26(18-24(34(41)52)20-31(33)58-15-11-12-40)42-39(49)45-36(54)29-17-23(4)47-51(29)8-2/h9-10,16-21H,7-8,11-15,40H2,1-6H3,(H2,41,52)(H,42,45,54)(H,43,44,53)/b10-9+. The summed E-state index contributed by atoms with van der Waals surface area (Å²) >= 11 is 0. The van der Waals surface area contributed by atoms with Gasteiger partial charge in [-0.1, -0.05) is 12.2 Å². The van der Waals surface area contributed by atoms with Crippen molar-refractivity contribution in [1.82, 2.24) is 38.7 Å². The van der Waals surface area contributed by atoms with Crippen LogP contribution in [-0.4, -0.2) is 89.7 Å². The van der Waals surface area contributed by atoms with E-state index in [1.54, 1.807) is 56.6 Å². The van der Waals surface area contributed by atoms with E-state index in [1.807, 2.05) is 26.0 Å². The third kappa shape index (κ3) is 8.24. The smallest absolute Gasteiger partial charge is 0.338 e. The van der Waals surface area contributed by atoms with Gasteiger partial charge in [0.2, 0.25) is 17.8 Å². The van der Waals surface area contributed by atoms with E-state index in [0.29, 0.717) is 82.4 Å². The number of nitrogens with two attached hydrogens (primary N) is 2. The lowest BCUT2D eigenvalue weighted by atomic mass is 10.1. The minimum absolute atomic E-state index is 0.161. The lowest BCUT2D eigenvalue weighted by molar-refractivity contribution is 0.0600.